The van der Waals surface area contributed by atoms with Crippen LogP contribution < -0.4 is 5.73 Å². The largest absolute Gasteiger partial charge is 0.416 e. The van der Waals surface area contributed by atoms with Crippen LogP contribution in [0.3, 0.4) is 0 Å². The Labute approximate surface area is 98.4 Å². The average Bonchev–Trinajstić information content (AvgIpc) is 2.79. The molecule has 4 nitrogen and oxygen atoms in total. The zero-order chi connectivity index (χ0) is 13.3. The van der Waals surface area contributed by atoms with E-state index >= 15 is 0 Å². The van der Waals surface area contributed by atoms with E-state index in [1.54, 1.807) is 0 Å². The van der Waals surface area contributed by atoms with E-state index < -0.39 is 23.6 Å². The van der Waals surface area contributed by atoms with E-state index in [0.717, 1.165) is 18.5 Å². The number of halogens is 4. The first kappa shape index (κ1) is 12.5. The second kappa shape index (κ2) is 4.37. The van der Waals surface area contributed by atoms with Crippen LogP contribution in [0.25, 0.3) is 0 Å². The summed E-state index contributed by atoms with van der Waals surface area (Å²) in [4.78, 5) is 3.61. The van der Waals surface area contributed by atoms with E-state index in [-0.39, 0.29) is 11.4 Å². The molecule has 2 rings (SSSR count). The first-order valence-corrected chi connectivity index (χ1v) is 4.77. The molecule has 1 aromatic heterocycles. The molecule has 0 spiro atoms. The topological polar surface area (TPSA) is 64.9 Å². The third-order valence-corrected chi connectivity index (χ3v) is 2.26. The molecule has 0 fully saturated rings. The van der Waals surface area contributed by atoms with Crippen LogP contribution in [0.4, 0.5) is 17.6 Å². The van der Waals surface area contributed by atoms with Crippen LogP contribution in [0.15, 0.2) is 29.1 Å². The SMILES string of the molecule is NC(c1cc(F)cc(C(F)(F)F)c1)c1ncon1. The lowest BCUT2D eigenvalue weighted by Crippen LogP contribution is -2.15. The fourth-order valence-electron chi connectivity index (χ4n) is 1.42. The zero-order valence-electron chi connectivity index (χ0n) is 8.78. The van der Waals surface area contributed by atoms with Crippen molar-refractivity contribution in [2.45, 2.75) is 12.2 Å². The Morgan fingerprint density at radius 2 is 1.94 bits per heavy atom. The summed E-state index contributed by atoms with van der Waals surface area (Å²) in [7, 11) is 0. The van der Waals surface area contributed by atoms with Gasteiger partial charge < -0.3 is 10.3 Å². The highest BCUT2D eigenvalue weighted by molar-refractivity contribution is 5.31. The van der Waals surface area contributed by atoms with Gasteiger partial charge in [0.1, 0.15) is 5.82 Å². The second-order valence-corrected chi connectivity index (χ2v) is 3.54. The van der Waals surface area contributed by atoms with Crippen molar-refractivity contribution in [1.29, 1.82) is 0 Å². The third kappa shape index (κ3) is 2.48. The summed E-state index contributed by atoms with van der Waals surface area (Å²) in [5.41, 5.74) is 4.43. The van der Waals surface area contributed by atoms with Gasteiger partial charge in [0.05, 0.1) is 11.6 Å². The Hall–Kier alpha value is -1.96. The molecule has 0 bridgehead atoms. The minimum atomic E-state index is -4.65. The molecule has 1 aromatic carbocycles. The lowest BCUT2D eigenvalue weighted by Gasteiger charge is -2.12. The molecule has 1 atom stereocenters. The van der Waals surface area contributed by atoms with E-state index in [0.29, 0.717) is 6.07 Å². The maximum Gasteiger partial charge on any atom is 0.416 e. The highest BCUT2D eigenvalue weighted by Gasteiger charge is 2.32. The first-order valence-electron chi connectivity index (χ1n) is 4.77. The van der Waals surface area contributed by atoms with Gasteiger partial charge in [-0.3, -0.25) is 0 Å². The molecule has 2 N–H and O–H groups in total. The molecule has 0 aliphatic heterocycles. The molecule has 0 aliphatic carbocycles. The second-order valence-electron chi connectivity index (χ2n) is 3.54. The van der Waals surface area contributed by atoms with Crippen LogP contribution in [0.5, 0.6) is 0 Å². The lowest BCUT2D eigenvalue weighted by molar-refractivity contribution is -0.137. The fraction of sp³-hybridized carbons (Fsp3) is 0.200. The van der Waals surface area contributed by atoms with Crippen molar-refractivity contribution in [2.75, 3.05) is 0 Å². The summed E-state index contributed by atoms with van der Waals surface area (Å²) in [6.07, 6.45) is -3.66. The van der Waals surface area contributed by atoms with Crippen LogP contribution in [0.1, 0.15) is 23.0 Å². The van der Waals surface area contributed by atoms with Gasteiger partial charge in [-0.1, -0.05) is 5.16 Å². The smallest absolute Gasteiger partial charge is 0.343 e. The highest BCUT2D eigenvalue weighted by atomic mass is 19.4. The molecule has 0 saturated carbocycles. The molecule has 1 heterocycles. The van der Waals surface area contributed by atoms with Crippen molar-refractivity contribution in [2.24, 2.45) is 5.73 Å². The van der Waals surface area contributed by atoms with Crippen LogP contribution in [0, 0.1) is 5.82 Å². The Balaban J connectivity index is 2.43. The van der Waals surface area contributed by atoms with Crippen LogP contribution >= 0.6 is 0 Å². The van der Waals surface area contributed by atoms with Gasteiger partial charge in [0.2, 0.25) is 6.39 Å². The quantitative estimate of drug-likeness (QED) is 0.842. The minimum Gasteiger partial charge on any atom is -0.343 e. The van der Waals surface area contributed by atoms with Crippen molar-refractivity contribution >= 4 is 0 Å². The maximum atomic E-state index is 13.1. The van der Waals surface area contributed by atoms with Crippen LogP contribution in [0.2, 0.25) is 0 Å². The summed E-state index contributed by atoms with van der Waals surface area (Å²) in [6.45, 7) is 0. The van der Waals surface area contributed by atoms with Gasteiger partial charge in [0, 0.05) is 0 Å². The van der Waals surface area contributed by atoms with Gasteiger partial charge >= 0.3 is 6.18 Å². The molecule has 0 amide bonds. The number of rotatable bonds is 2. The Kier molecular flexibility index (Phi) is 3.04. The van der Waals surface area contributed by atoms with E-state index in [1.165, 1.54) is 0 Å². The van der Waals surface area contributed by atoms with E-state index in [1.807, 2.05) is 0 Å². The van der Waals surface area contributed by atoms with Gasteiger partial charge in [0.15, 0.2) is 5.82 Å². The molecule has 2 aromatic rings. The summed E-state index contributed by atoms with van der Waals surface area (Å²) >= 11 is 0. The summed E-state index contributed by atoms with van der Waals surface area (Å²) in [6, 6.07) is 0.966. The Morgan fingerprint density at radius 3 is 2.50 bits per heavy atom. The fourth-order valence-corrected chi connectivity index (χ4v) is 1.42. The van der Waals surface area contributed by atoms with Crippen LogP contribution in [-0.4, -0.2) is 10.1 Å². The number of alkyl halides is 3. The average molecular weight is 261 g/mol. The Morgan fingerprint density at radius 1 is 1.22 bits per heavy atom. The van der Waals surface area contributed by atoms with Gasteiger partial charge in [-0.25, -0.2) is 4.39 Å². The maximum absolute atomic E-state index is 13.1. The number of hydrogen-bond donors (Lipinski definition) is 1. The van der Waals surface area contributed by atoms with E-state index in [9.17, 15) is 17.6 Å². The first-order chi connectivity index (χ1) is 8.38. The molecular formula is C10H7F4N3O. The van der Waals surface area contributed by atoms with E-state index in [2.05, 4.69) is 14.7 Å². The third-order valence-electron chi connectivity index (χ3n) is 2.26. The molecule has 96 valence electrons. The van der Waals surface area contributed by atoms with Gasteiger partial charge in [-0.05, 0) is 23.8 Å². The molecule has 18 heavy (non-hydrogen) atoms. The number of nitrogens with zero attached hydrogens (tertiary/aromatic N) is 2. The number of hydrogen-bond acceptors (Lipinski definition) is 4. The lowest BCUT2D eigenvalue weighted by atomic mass is 10.0. The van der Waals surface area contributed by atoms with Gasteiger partial charge in [-0.15, -0.1) is 0 Å². The molecule has 8 heteroatoms. The summed E-state index contributed by atoms with van der Waals surface area (Å²) in [5.74, 6) is -1.05. The predicted molar refractivity (Wildman–Crippen MR) is 51.7 cm³/mol. The van der Waals surface area contributed by atoms with Crippen molar-refractivity contribution in [3.8, 4) is 0 Å². The molecule has 0 radical (unpaired) electrons. The van der Waals surface area contributed by atoms with Crippen molar-refractivity contribution in [3.63, 3.8) is 0 Å². The zero-order valence-corrected chi connectivity index (χ0v) is 8.78. The normalized spacial score (nSPS) is 13.6. The van der Waals surface area contributed by atoms with Crippen molar-refractivity contribution in [1.82, 2.24) is 10.1 Å². The minimum absolute atomic E-state index is 0.0197. The number of benzene rings is 1. The highest BCUT2D eigenvalue weighted by Crippen LogP contribution is 2.32. The number of nitrogens with two attached hydrogens (primary N) is 1. The Bertz CT molecular complexity index is 539. The van der Waals surface area contributed by atoms with Crippen molar-refractivity contribution < 1.29 is 22.1 Å². The summed E-state index contributed by atoms with van der Waals surface area (Å²) < 4.78 is 55.1. The van der Waals surface area contributed by atoms with Crippen molar-refractivity contribution in [3.05, 3.63) is 47.4 Å². The monoisotopic (exact) mass is 261 g/mol. The summed E-state index contributed by atoms with van der Waals surface area (Å²) in [5, 5.41) is 3.40. The van der Waals surface area contributed by atoms with Crippen LogP contribution in [-0.2, 0) is 6.18 Å². The molecule has 1 unspecified atom stereocenters. The number of aromatic nitrogens is 2. The van der Waals surface area contributed by atoms with Gasteiger partial charge in [0.25, 0.3) is 0 Å². The predicted octanol–water partition coefficient (Wildman–Crippen LogP) is 2.28. The van der Waals surface area contributed by atoms with E-state index in [4.69, 9.17) is 5.73 Å². The molecule has 0 aliphatic rings. The van der Waals surface area contributed by atoms with Gasteiger partial charge in [-0.2, -0.15) is 18.2 Å². The molecular weight excluding hydrogens is 254 g/mol. The molecule has 0 saturated heterocycles. The standard InChI is InChI=1S/C10H7F4N3O/c11-7-2-5(1-6(3-7)10(12,13)14)8(15)9-16-4-18-17-9/h1-4,8H,15H2.